The van der Waals surface area contributed by atoms with E-state index in [4.69, 9.17) is 10.5 Å². The quantitative estimate of drug-likeness (QED) is 0.703. The summed E-state index contributed by atoms with van der Waals surface area (Å²) in [7, 11) is 3.62. The maximum atomic E-state index is 11.7. The van der Waals surface area contributed by atoms with Crippen LogP contribution in [0.5, 0.6) is 0 Å². The highest BCUT2D eigenvalue weighted by Crippen LogP contribution is 2.05. The summed E-state index contributed by atoms with van der Waals surface area (Å²) in [5.41, 5.74) is 8.04. The Hall–Kier alpha value is -1.33. The molecule has 1 amide bonds. The molecular formula is C13H23N3O2. The van der Waals surface area contributed by atoms with Gasteiger partial charge in [-0.3, -0.25) is 4.79 Å². The van der Waals surface area contributed by atoms with Crippen molar-refractivity contribution < 1.29 is 9.53 Å². The number of nitrogens with two attached hydrogens (primary N) is 1. The van der Waals surface area contributed by atoms with Gasteiger partial charge in [0.2, 0.25) is 5.91 Å². The topological polar surface area (TPSA) is 69.3 Å². The van der Waals surface area contributed by atoms with Crippen LogP contribution >= 0.6 is 0 Å². The average Bonchev–Trinajstić information content (AvgIpc) is 2.67. The minimum atomic E-state index is -0.457. The molecule has 1 unspecified atom stereocenters. The van der Waals surface area contributed by atoms with Crippen LogP contribution in [0.15, 0.2) is 12.1 Å². The Morgan fingerprint density at radius 3 is 2.83 bits per heavy atom. The van der Waals surface area contributed by atoms with E-state index in [1.54, 1.807) is 7.11 Å². The highest BCUT2D eigenvalue weighted by atomic mass is 16.5. The zero-order valence-electron chi connectivity index (χ0n) is 11.4. The summed E-state index contributed by atoms with van der Waals surface area (Å²) < 4.78 is 6.98. The smallest absolute Gasteiger partial charge is 0.237 e. The second-order valence-electron chi connectivity index (χ2n) is 4.48. The van der Waals surface area contributed by atoms with Crippen molar-refractivity contribution >= 4 is 5.91 Å². The molecular weight excluding hydrogens is 230 g/mol. The molecule has 0 saturated carbocycles. The van der Waals surface area contributed by atoms with Crippen LogP contribution in [0, 0.1) is 6.92 Å². The Kier molecular flexibility index (Phi) is 5.88. The molecule has 1 atom stereocenters. The van der Waals surface area contributed by atoms with Gasteiger partial charge in [-0.15, -0.1) is 0 Å². The molecule has 1 aromatic heterocycles. The molecule has 0 saturated heterocycles. The molecule has 0 aliphatic carbocycles. The molecule has 0 aliphatic heterocycles. The van der Waals surface area contributed by atoms with E-state index in [1.165, 1.54) is 5.69 Å². The minimum Gasteiger partial charge on any atom is -0.385 e. The molecule has 102 valence electrons. The Balaban J connectivity index is 2.34. The molecule has 0 radical (unpaired) electrons. The lowest BCUT2D eigenvalue weighted by Crippen LogP contribution is -2.40. The van der Waals surface area contributed by atoms with Gasteiger partial charge in [-0.05, 0) is 31.9 Å². The second-order valence-corrected chi connectivity index (χ2v) is 4.48. The zero-order valence-corrected chi connectivity index (χ0v) is 11.4. The maximum Gasteiger partial charge on any atom is 0.237 e. The summed E-state index contributed by atoms with van der Waals surface area (Å²) in [6.07, 6.45) is 1.44. The van der Waals surface area contributed by atoms with Crippen LogP contribution in [0.3, 0.4) is 0 Å². The van der Waals surface area contributed by atoms with Crippen molar-refractivity contribution in [3.8, 4) is 0 Å². The van der Waals surface area contributed by atoms with Gasteiger partial charge in [-0.2, -0.15) is 0 Å². The molecule has 1 aromatic rings. The van der Waals surface area contributed by atoms with Crippen molar-refractivity contribution in [2.24, 2.45) is 12.8 Å². The summed E-state index contributed by atoms with van der Waals surface area (Å²) in [5, 5.41) is 2.85. The van der Waals surface area contributed by atoms with E-state index < -0.39 is 6.04 Å². The summed E-state index contributed by atoms with van der Waals surface area (Å²) in [6.45, 7) is 3.18. The van der Waals surface area contributed by atoms with Crippen LogP contribution in [0.1, 0.15) is 24.2 Å². The minimum absolute atomic E-state index is 0.107. The molecule has 0 aliphatic rings. The molecule has 5 nitrogen and oxygen atoms in total. The van der Waals surface area contributed by atoms with E-state index >= 15 is 0 Å². The molecule has 0 spiro atoms. The van der Waals surface area contributed by atoms with Gasteiger partial charge in [0.25, 0.3) is 0 Å². The predicted octanol–water partition coefficient (Wildman–Crippen LogP) is 0.704. The number of carbonyl (C=O) groups is 1. The monoisotopic (exact) mass is 253 g/mol. The third kappa shape index (κ3) is 4.16. The van der Waals surface area contributed by atoms with Crippen molar-refractivity contribution in [1.82, 2.24) is 9.88 Å². The summed E-state index contributed by atoms with van der Waals surface area (Å²) in [6, 6.07) is 3.58. The number of nitrogens with zero attached hydrogens (tertiary/aromatic N) is 1. The van der Waals surface area contributed by atoms with Crippen LogP contribution in [0.4, 0.5) is 0 Å². The van der Waals surface area contributed by atoms with Crippen LogP contribution < -0.4 is 11.1 Å². The molecule has 0 bridgehead atoms. The van der Waals surface area contributed by atoms with E-state index in [2.05, 4.69) is 9.88 Å². The largest absolute Gasteiger partial charge is 0.385 e. The van der Waals surface area contributed by atoms with Gasteiger partial charge in [0.15, 0.2) is 0 Å². The first-order chi connectivity index (χ1) is 8.56. The third-order valence-corrected chi connectivity index (χ3v) is 3.12. The van der Waals surface area contributed by atoms with Crippen molar-refractivity contribution in [3.05, 3.63) is 23.5 Å². The van der Waals surface area contributed by atoms with Gasteiger partial charge >= 0.3 is 0 Å². The van der Waals surface area contributed by atoms with Gasteiger partial charge in [-0.25, -0.2) is 0 Å². The standard InChI is InChI=1S/C13H23N3O2/c1-10-6-7-11(16(10)2)9-15-13(17)12(14)5-4-8-18-3/h6-7,12H,4-5,8-9,14H2,1-3H3,(H,15,17). The van der Waals surface area contributed by atoms with Crippen LogP contribution in [0.2, 0.25) is 0 Å². The second kappa shape index (κ2) is 7.18. The van der Waals surface area contributed by atoms with E-state index in [9.17, 15) is 4.79 Å². The summed E-state index contributed by atoms with van der Waals surface area (Å²) >= 11 is 0. The summed E-state index contributed by atoms with van der Waals surface area (Å²) in [4.78, 5) is 11.7. The molecule has 18 heavy (non-hydrogen) atoms. The molecule has 1 heterocycles. The van der Waals surface area contributed by atoms with Crippen LogP contribution in [-0.2, 0) is 23.1 Å². The number of carbonyl (C=O) groups excluding carboxylic acids is 1. The van der Waals surface area contributed by atoms with Crippen molar-refractivity contribution in [3.63, 3.8) is 0 Å². The van der Waals surface area contributed by atoms with E-state index in [1.807, 2.05) is 26.1 Å². The number of hydrogen-bond donors (Lipinski definition) is 2. The Morgan fingerprint density at radius 2 is 2.28 bits per heavy atom. The van der Waals surface area contributed by atoms with Gasteiger partial charge < -0.3 is 20.4 Å². The lowest BCUT2D eigenvalue weighted by molar-refractivity contribution is -0.122. The van der Waals surface area contributed by atoms with Crippen LogP contribution in [-0.4, -0.2) is 30.2 Å². The van der Waals surface area contributed by atoms with Gasteiger partial charge in [0.05, 0.1) is 12.6 Å². The highest BCUT2D eigenvalue weighted by Gasteiger charge is 2.13. The first-order valence-electron chi connectivity index (χ1n) is 6.19. The van der Waals surface area contributed by atoms with Crippen molar-refractivity contribution in [2.75, 3.05) is 13.7 Å². The first-order valence-corrected chi connectivity index (χ1v) is 6.19. The van der Waals surface area contributed by atoms with Gasteiger partial charge in [0.1, 0.15) is 0 Å². The number of aromatic nitrogens is 1. The normalized spacial score (nSPS) is 12.4. The van der Waals surface area contributed by atoms with Crippen molar-refractivity contribution in [1.29, 1.82) is 0 Å². The highest BCUT2D eigenvalue weighted by molar-refractivity contribution is 5.81. The van der Waals surface area contributed by atoms with E-state index in [-0.39, 0.29) is 5.91 Å². The summed E-state index contributed by atoms with van der Waals surface area (Å²) in [5.74, 6) is -0.107. The Labute approximate surface area is 108 Å². The number of methoxy groups -OCH3 is 1. The fraction of sp³-hybridized carbons (Fsp3) is 0.615. The Bertz CT molecular complexity index is 388. The maximum absolute atomic E-state index is 11.7. The predicted molar refractivity (Wildman–Crippen MR) is 71.1 cm³/mol. The van der Waals surface area contributed by atoms with E-state index in [0.717, 1.165) is 12.1 Å². The van der Waals surface area contributed by atoms with Gasteiger partial charge in [-0.1, -0.05) is 0 Å². The molecule has 3 N–H and O–H groups in total. The fourth-order valence-electron chi connectivity index (χ4n) is 1.73. The molecule has 0 fully saturated rings. The number of hydrogen-bond acceptors (Lipinski definition) is 3. The molecule has 5 heteroatoms. The third-order valence-electron chi connectivity index (χ3n) is 3.12. The lowest BCUT2D eigenvalue weighted by Gasteiger charge is -2.12. The number of nitrogens with one attached hydrogen (secondary N) is 1. The van der Waals surface area contributed by atoms with E-state index in [0.29, 0.717) is 19.6 Å². The Morgan fingerprint density at radius 1 is 1.56 bits per heavy atom. The SMILES string of the molecule is COCCCC(N)C(=O)NCc1ccc(C)n1C. The number of amides is 1. The fourth-order valence-corrected chi connectivity index (χ4v) is 1.73. The molecule has 1 rings (SSSR count). The number of aryl methyl sites for hydroxylation is 1. The lowest BCUT2D eigenvalue weighted by atomic mass is 10.1. The number of ether oxygens (including phenoxy) is 1. The van der Waals surface area contributed by atoms with Crippen molar-refractivity contribution in [2.45, 2.75) is 32.4 Å². The zero-order chi connectivity index (χ0) is 13.5. The molecule has 0 aromatic carbocycles. The first kappa shape index (κ1) is 14.7. The average molecular weight is 253 g/mol. The van der Waals surface area contributed by atoms with Gasteiger partial charge in [0, 0.05) is 32.2 Å². The number of rotatable bonds is 7. The van der Waals surface area contributed by atoms with Crippen LogP contribution in [0.25, 0.3) is 0 Å².